The molecule has 1 aromatic heterocycles. The first kappa shape index (κ1) is 32.3. The molecule has 1 aliphatic carbocycles. The van der Waals surface area contributed by atoms with Crippen LogP contribution in [0.25, 0.3) is 71.3 Å². The maximum Gasteiger partial charge on any atom is 0.0991 e. The number of fused-ring (bicyclic) bond motifs is 10. The molecule has 0 radical (unpaired) electrons. The Morgan fingerprint density at radius 1 is 0.519 bits per heavy atom. The van der Waals surface area contributed by atoms with Crippen molar-refractivity contribution in [2.75, 3.05) is 0 Å². The lowest BCUT2D eigenvalue weighted by Gasteiger charge is -2.24. The number of nitriles is 1. The fraction of sp³-hybridized carbons (Fsp3) is 0.220. The number of nitrogens with zero attached hydrogens (tertiary/aromatic N) is 2. The summed E-state index contributed by atoms with van der Waals surface area (Å²) in [4.78, 5) is 0. The molecule has 0 atom stereocenters. The Labute approximate surface area is 307 Å². The van der Waals surface area contributed by atoms with Gasteiger partial charge in [0.25, 0.3) is 0 Å². The zero-order valence-corrected chi connectivity index (χ0v) is 31.4. The van der Waals surface area contributed by atoms with Gasteiger partial charge >= 0.3 is 0 Å². The molecule has 2 heteroatoms. The van der Waals surface area contributed by atoms with Gasteiger partial charge in [-0.05, 0) is 120 Å². The van der Waals surface area contributed by atoms with Crippen LogP contribution in [0.3, 0.4) is 0 Å². The predicted molar refractivity (Wildman–Crippen MR) is 221 cm³/mol. The molecule has 0 aliphatic heterocycles. The van der Waals surface area contributed by atoms with Crippen LogP contribution in [-0.2, 0) is 16.2 Å². The van der Waals surface area contributed by atoms with Crippen molar-refractivity contribution in [3.05, 3.63) is 149 Å². The molecular formula is C50H44N2. The molecule has 254 valence electrons. The van der Waals surface area contributed by atoms with Crippen molar-refractivity contribution in [3.8, 4) is 34.0 Å². The van der Waals surface area contributed by atoms with Crippen molar-refractivity contribution in [1.82, 2.24) is 4.57 Å². The van der Waals surface area contributed by atoms with Gasteiger partial charge in [-0.15, -0.1) is 0 Å². The third-order valence-corrected chi connectivity index (χ3v) is 11.7. The van der Waals surface area contributed by atoms with Gasteiger partial charge < -0.3 is 4.57 Å². The highest BCUT2D eigenvalue weighted by Gasteiger charge is 2.39. The van der Waals surface area contributed by atoms with Crippen molar-refractivity contribution in [1.29, 1.82) is 5.26 Å². The topological polar surface area (TPSA) is 28.7 Å². The summed E-state index contributed by atoms with van der Waals surface area (Å²) in [6.07, 6.45) is 0. The molecular weight excluding hydrogens is 629 g/mol. The van der Waals surface area contributed by atoms with E-state index in [-0.39, 0.29) is 16.2 Å². The number of aromatic nitrogens is 1. The van der Waals surface area contributed by atoms with Crippen molar-refractivity contribution < 1.29 is 0 Å². The van der Waals surface area contributed by atoms with Crippen molar-refractivity contribution in [2.45, 2.75) is 71.6 Å². The smallest absolute Gasteiger partial charge is 0.0991 e. The van der Waals surface area contributed by atoms with E-state index in [2.05, 4.69) is 175 Å². The number of benzene rings is 7. The maximum absolute atomic E-state index is 9.50. The molecule has 0 saturated heterocycles. The van der Waals surface area contributed by atoms with Gasteiger partial charge in [-0.1, -0.05) is 128 Å². The molecule has 0 spiro atoms. The minimum Gasteiger partial charge on any atom is -0.309 e. The van der Waals surface area contributed by atoms with E-state index in [1.54, 1.807) is 0 Å². The van der Waals surface area contributed by atoms with Gasteiger partial charge in [0.2, 0.25) is 0 Å². The zero-order valence-electron chi connectivity index (χ0n) is 31.4. The van der Waals surface area contributed by atoms with Gasteiger partial charge in [0.05, 0.1) is 28.4 Å². The summed E-state index contributed by atoms with van der Waals surface area (Å²) in [5.74, 6) is 0. The molecule has 0 N–H and O–H groups in total. The Hall–Kier alpha value is -5.65. The summed E-state index contributed by atoms with van der Waals surface area (Å²) in [6.45, 7) is 18.6. The first-order chi connectivity index (χ1) is 24.8. The molecule has 2 nitrogen and oxygen atoms in total. The van der Waals surface area contributed by atoms with Crippen LogP contribution in [0.4, 0.5) is 0 Å². The third-order valence-electron chi connectivity index (χ3n) is 11.7. The minimum absolute atomic E-state index is 0.0414. The predicted octanol–water partition coefficient (Wildman–Crippen LogP) is 13.5. The SMILES string of the molecule is CC(C)(C)c1ccc2c(c1)c1cc(C(C)(C)C)ccc1n2-c1cc2c(c3ccccc13)-c1c(cc(-c3ccc(C#N)cc3)c3ccccc13)C2(C)C. The summed E-state index contributed by atoms with van der Waals surface area (Å²) >= 11 is 0. The molecule has 0 fully saturated rings. The van der Waals surface area contributed by atoms with Crippen molar-refractivity contribution in [3.63, 3.8) is 0 Å². The summed E-state index contributed by atoms with van der Waals surface area (Å²) in [6, 6.07) is 47.4. The molecule has 7 aromatic carbocycles. The van der Waals surface area contributed by atoms with Crippen LogP contribution in [0, 0.1) is 11.3 Å². The van der Waals surface area contributed by atoms with E-state index in [4.69, 9.17) is 0 Å². The highest BCUT2D eigenvalue weighted by atomic mass is 15.0. The van der Waals surface area contributed by atoms with Crippen molar-refractivity contribution >= 4 is 43.4 Å². The second kappa shape index (κ2) is 10.9. The fourth-order valence-electron chi connectivity index (χ4n) is 8.77. The van der Waals surface area contributed by atoms with Crippen LogP contribution in [0.15, 0.2) is 121 Å². The second-order valence-electron chi connectivity index (χ2n) is 17.4. The minimum atomic E-state index is -0.258. The largest absolute Gasteiger partial charge is 0.309 e. The first-order valence-corrected chi connectivity index (χ1v) is 18.5. The molecule has 0 bridgehead atoms. The summed E-state index contributed by atoms with van der Waals surface area (Å²) in [7, 11) is 0. The Morgan fingerprint density at radius 2 is 1.00 bits per heavy atom. The average molecular weight is 673 g/mol. The van der Waals surface area contributed by atoms with Gasteiger partial charge in [0, 0.05) is 21.6 Å². The van der Waals surface area contributed by atoms with Crippen LogP contribution in [0.2, 0.25) is 0 Å². The molecule has 9 rings (SSSR count). The molecule has 0 unspecified atom stereocenters. The number of hydrogen-bond donors (Lipinski definition) is 0. The average Bonchev–Trinajstić information content (AvgIpc) is 3.57. The van der Waals surface area contributed by atoms with Gasteiger partial charge in [-0.3, -0.25) is 0 Å². The second-order valence-corrected chi connectivity index (χ2v) is 17.4. The fourth-order valence-corrected chi connectivity index (χ4v) is 8.77. The van der Waals surface area contributed by atoms with E-state index in [0.29, 0.717) is 5.56 Å². The van der Waals surface area contributed by atoms with Gasteiger partial charge in [-0.25, -0.2) is 0 Å². The summed E-state index contributed by atoms with van der Waals surface area (Å²) in [5, 5.41) is 17.1. The van der Waals surface area contributed by atoms with Gasteiger partial charge in [-0.2, -0.15) is 5.26 Å². The Kier molecular flexibility index (Phi) is 6.78. The highest BCUT2D eigenvalue weighted by Crippen LogP contribution is 2.56. The molecule has 0 amide bonds. The third kappa shape index (κ3) is 4.62. The lowest BCUT2D eigenvalue weighted by Crippen LogP contribution is -2.16. The maximum atomic E-state index is 9.50. The summed E-state index contributed by atoms with van der Waals surface area (Å²) < 4.78 is 2.53. The number of rotatable bonds is 2. The van der Waals surface area contributed by atoms with Crippen LogP contribution >= 0.6 is 0 Å². The van der Waals surface area contributed by atoms with E-state index in [1.165, 1.54) is 88.0 Å². The lowest BCUT2D eigenvalue weighted by molar-refractivity contribution is 0.590. The molecule has 8 aromatic rings. The van der Waals surface area contributed by atoms with Crippen LogP contribution < -0.4 is 0 Å². The normalized spacial score (nSPS) is 13.9. The van der Waals surface area contributed by atoms with Gasteiger partial charge in [0.1, 0.15) is 0 Å². The van der Waals surface area contributed by atoms with Gasteiger partial charge in [0.15, 0.2) is 0 Å². The van der Waals surface area contributed by atoms with E-state index in [1.807, 2.05) is 12.1 Å². The highest BCUT2D eigenvalue weighted by molar-refractivity contribution is 6.17. The monoisotopic (exact) mass is 672 g/mol. The Balaban J connectivity index is 1.38. The van der Waals surface area contributed by atoms with E-state index in [0.717, 1.165) is 5.56 Å². The Bertz CT molecular complexity index is 2750. The Morgan fingerprint density at radius 3 is 1.52 bits per heavy atom. The van der Waals surface area contributed by atoms with Crippen molar-refractivity contribution in [2.24, 2.45) is 0 Å². The molecule has 1 heterocycles. The zero-order chi connectivity index (χ0) is 36.3. The van der Waals surface area contributed by atoms with Crippen LogP contribution in [0.5, 0.6) is 0 Å². The molecule has 1 aliphatic rings. The standard InChI is InChI=1S/C50H44N2/c1-48(2,3)32-21-23-43-39(25-32)40-26-33(49(4,5)6)22-24-44(40)52(43)45-28-42-47(37-16-12-10-14-35(37)45)46-36-15-11-9-13-34(36)38(27-41(46)50(42,7)8)31-19-17-30(29-51)18-20-31/h9-28H,1-8H3. The number of hydrogen-bond acceptors (Lipinski definition) is 1. The first-order valence-electron chi connectivity index (χ1n) is 18.5. The summed E-state index contributed by atoms with van der Waals surface area (Å²) in [5.41, 5.74) is 14.6. The van der Waals surface area contributed by atoms with E-state index < -0.39 is 0 Å². The lowest BCUT2D eigenvalue weighted by atomic mass is 9.80. The quantitative estimate of drug-likeness (QED) is 0.180. The van der Waals surface area contributed by atoms with E-state index >= 15 is 0 Å². The van der Waals surface area contributed by atoms with Crippen LogP contribution in [-0.4, -0.2) is 4.57 Å². The van der Waals surface area contributed by atoms with Crippen LogP contribution in [0.1, 0.15) is 83.2 Å². The molecule has 52 heavy (non-hydrogen) atoms. The molecule has 0 saturated carbocycles. The van der Waals surface area contributed by atoms with E-state index in [9.17, 15) is 5.26 Å².